The Morgan fingerprint density at radius 1 is 1.15 bits per heavy atom. The van der Waals surface area contributed by atoms with Gasteiger partial charge in [-0.3, -0.25) is 4.79 Å². The first-order valence-corrected chi connectivity index (χ1v) is 8.55. The molecule has 0 spiro atoms. The van der Waals surface area contributed by atoms with E-state index in [-0.39, 0.29) is 11.9 Å². The summed E-state index contributed by atoms with van der Waals surface area (Å²) in [6.07, 6.45) is 5.47. The highest BCUT2D eigenvalue weighted by atomic mass is 16.1. The Bertz CT molecular complexity index is 847. The van der Waals surface area contributed by atoms with Crippen molar-refractivity contribution < 1.29 is 4.79 Å². The summed E-state index contributed by atoms with van der Waals surface area (Å²) in [6, 6.07) is 11.6. The monoisotopic (exact) mass is 350 g/mol. The molecule has 7 nitrogen and oxygen atoms in total. The zero-order valence-corrected chi connectivity index (χ0v) is 14.9. The Kier molecular flexibility index (Phi) is 5.58. The Labute approximate surface area is 152 Å². The molecule has 1 unspecified atom stereocenters. The van der Waals surface area contributed by atoms with Crippen LogP contribution in [0.5, 0.6) is 0 Å². The maximum absolute atomic E-state index is 12.2. The molecule has 3 aromatic rings. The highest BCUT2D eigenvalue weighted by Gasteiger charge is 2.16. The molecule has 0 saturated heterocycles. The Hall–Kier alpha value is -3.22. The molecule has 2 aromatic heterocycles. The fourth-order valence-electron chi connectivity index (χ4n) is 2.75. The van der Waals surface area contributed by atoms with Crippen molar-refractivity contribution in [2.45, 2.75) is 26.3 Å². The van der Waals surface area contributed by atoms with Gasteiger partial charge in [0, 0.05) is 36.6 Å². The van der Waals surface area contributed by atoms with Gasteiger partial charge in [-0.15, -0.1) is 0 Å². The number of anilines is 1. The van der Waals surface area contributed by atoms with Crippen molar-refractivity contribution in [2.24, 2.45) is 0 Å². The highest BCUT2D eigenvalue weighted by molar-refractivity contribution is 5.76. The van der Waals surface area contributed by atoms with E-state index in [4.69, 9.17) is 0 Å². The van der Waals surface area contributed by atoms with E-state index in [0.29, 0.717) is 18.9 Å². The van der Waals surface area contributed by atoms with Crippen molar-refractivity contribution in [1.29, 1.82) is 0 Å². The number of para-hydroxylation sites is 1. The molecule has 134 valence electrons. The van der Waals surface area contributed by atoms with E-state index in [1.165, 1.54) is 0 Å². The van der Waals surface area contributed by atoms with Gasteiger partial charge >= 0.3 is 0 Å². The van der Waals surface area contributed by atoms with Gasteiger partial charge in [0.05, 0.1) is 17.9 Å². The van der Waals surface area contributed by atoms with Crippen LogP contribution in [0.4, 0.5) is 5.95 Å². The average Bonchev–Trinajstić information content (AvgIpc) is 3.05. The maximum atomic E-state index is 12.2. The van der Waals surface area contributed by atoms with Crippen LogP contribution < -0.4 is 10.6 Å². The number of amides is 1. The van der Waals surface area contributed by atoms with Crippen molar-refractivity contribution in [2.75, 3.05) is 11.9 Å². The second-order valence-corrected chi connectivity index (χ2v) is 5.97. The lowest BCUT2D eigenvalue weighted by Crippen LogP contribution is -2.28. The van der Waals surface area contributed by atoms with Crippen LogP contribution in [0.2, 0.25) is 0 Å². The highest BCUT2D eigenvalue weighted by Crippen LogP contribution is 2.20. The fraction of sp³-hybridized carbons (Fsp3) is 0.263. The number of carbonyl (C=O) groups excluding carboxylic acids is 1. The summed E-state index contributed by atoms with van der Waals surface area (Å²) in [7, 11) is 0. The molecular weight excluding hydrogens is 328 g/mol. The summed E-state index contributed by atoms with van der Waals surface area (Å²) in [4.78, 5) is 20.3. The van der Waals surface area contributed by atoms with E-state index in [1.807, 2.05) is 55.1 Å². The molecule has 0 fully saturated rings. The molecule has 3 rings (SSSR count). The smallest absolute Gasteiger partial charge is 0.222 e. The number of rotatable bonds is 7. The van der Waals surface area contributed by atoms with Gasteiger partial charge < -0.3 is 10.6 Å². The Morgan fingerprint density at radius 3 is 2.62 bits per heavy atom. The molecular formula is C19H22N6O. The summed E-state index contributed by atoms with van der Waals surface area (Å²) in [5.74, 6) is 0.487. The lowest BCUT2D eigenvalue weighted by Gasteiger charge is -2.14. The quantitative estimate of drug-likeness (QED) is 0.684. The van der Waals surface area contributed by atoms with Crippen LogP contribution in [0.25, 0.3) is 5.69 Å². The molecule has 0 aliphatic carbocycles. The SMILES string of the molecule is Cc1c(C(C)NC(=O)CCNc2ncccn2)cnn1-c1ccccc1. The van der Waals surface area contributed by atoms with Gasteiger partial charge in [0.2, 0.25) is 11.9 Å². The van der Waals surface area contributed by atoms with Crippen LogP contribution >= 0.6 is 0 Å². The summed E-state index contributed by atoms with van der Waals surface area (Å²) in [5, 5.41) is 10.5. The predicted octanol–water partition coefficient (Wildman–Crippen LogP) is 2.65. The fourth-order valence-corrected chi connectivity index (χ4v) is 2.75. The number of benzene rings is 1. The minimum absolute atomic E-state index is 0.0345. The molecule has 2 N–H and O–H groups in total. The largest absolute Gasteiger partial charge is 0.354 e. The lowest BCUT2D eigenvalue weighted by atomic mass is 10.1. The second kappa shape index (κ2) is 8.24. The standard InChI is InChI=1S/C19H22N6O/c1-14(24-18(26)9-12-22-19-20-10-6-11-21-19)17-13-23-25(15(17)2)16-7-4-3-5-8-16/h3-8,10-11,13-14H,9,12H2,1-2H3,(H,24,26)(H,20,21,22). The lowest BCUT2D eigenvalue weighted by molar-refractivity contribution is -0.121. The van der Waals surface area contributed by atoms with Crippen LogP contribution in [0.15, 0.2) is 55.0 Å². The third-order valence-corrected chi connectivity index (χ3v) is 4.09. The van der Waals surface area contributed by atoms with Crippen molar-refractivity contribution in [3.8, 4) is 5.69 Å². The molecule has 0 saturated carbocycles. The zero-order chi connectivity index (χ0) is 18.4. The van der Waals surface area contributed by atoms with Crippen LogP contribution in [0.1, 0.15) is 30.6 Å². The van der Waals surface area contributed by atoms with E-state index >= 15 is 0 Å². The molecule has 26 heavy (non-hydrogen) atoms. The minimum Gasteiger partial charge on any atom is -0.354 e. The van der Waals surface area contributed by atoms with Gasteiger partial charge in [-0.2, -0.15) is 5.10 Å². The third kappa shape index (κ3) is 4.24. The molecule has 1 atom stereocenters. The molecule has 1 aromatic carbocycles. The van der Waals surface area contributed by atoms with Gasteiger partial charge in [-0.1, -0.05) is 18.2 Å². The minimum atomic E-state index is -0.118. The van der Waals surface area contributed by atoms with Crippen LogP contribution in [0, 0.1) is 6.92 Å². The number of hydrogen-bond acceptors (Lipinski definition) is 5. The second-order valence-electron chi connectivity index (χ2n) is 5.97. The zero-order valence-electron chi connectivity index (χ0n) is 14.9. The van der Waals surface area contributed by atoms with Gasteiger partial charge in [0.15, 0.2) is 0 Å². The average molecular weight is 350 g/mol. The Balaban J connectivity index is 1.55. The topological polar surface area (TPSA) is 84.7 Å². The normalized spacial score (nSPS) is 11.8. The third-order valence-electron chi connectivity index (χ3n) is 4.09. The first-order valence-electron chi connectivity index (χ1n) is 8.55. The van der Waals surface area contributed by atoms with E-state index in [1.54, 1.807) is 18.5 Å². The molecule has 0 aliphatic heterocycles. The van der Waals surface area contributed by atoms with Gasteiger partial charge in [0.25, 0.3) is 0 Å². The van der Waals surface area contributed by atoms with Crippen molar-refractivity contribution >= 4 is 11.9 Å². The number of nitrogens with one attached hydrogen (secondary N) is 2. The van der Waals surface area contributed by atoms with Crippen molar-refractivity contribution in [1.82, 2.24) is 25.1 Å². The summed E-state index contributed by atoms with van der Waals surface area (Å²) < 4.78 is 1.88. The molecule has 0 bridgehead atoms. The first kappa shape index (κ1) is 17.6. The van der Waals surface area contributed by atoms with Crippen LogP contribution in [0.3, 0.4) is 0 Å². The summed E-state index contributed by atoms with van der Waals surface area (Å²) in [6.45, 7) is 4.45. The van der Waals surface area contributed by atoms with Crippen LogP contribution in [-0.2, 0) is 4.79 Å². The van der Waals surface area contributed by atoms with Crippen molar-refractivity contribution in [3.05, 3.63) is 66.2 Å². The number of nitrogens with zero attached hydrogens (tertiary/aromatic N) is 4. The van der Waals surface area contributed by atoms with E-state index in [0.717, 1.165) is 16.9 Å². The van der Waals surface area contributed by atoms with Gasteiger partial charge in [0.1, 0.15) is 0 Å². The molecule has 0 radical (unpaired) electrons. The maximum Gasteiger partial charge on any atom is 0.222 e. The van der Waals surface area contributed by atoms with E-state index in [2.05, 4.69) is 25.7 Å². The number of hydrogen-bond donors (Lipinski definition) is 2. The van der Waals surface area contributed by atoms with Crippen LogP contribution in [-0.4, -0.2) is 32.2 Å². The predicted molar refractivity (Wildman–Crippen MR) is 100.0 cm³/mol. The molecule has 0 aliphatic rings. The Morgan fingerprint density at radius 2 is 1.88 bits per heavy atom. The molecule has 1 amide bonds. The van der Waals surface area contributed by atoms with Gasteiger partial charge in [-0.05, 0) is 32.0 Å². The summed E-state index contributed by atoms with van der Waals surface area (Å²) >= 11 is 0. The van der Waals surface area contributed by atoms with Gasteiger partial charge in [-0.25, -0.2) is 14.6 Å². The molecule has 2 heterocycles. The molecule has 7 heteroatoms. The summed E-state index contributed by atoms with van der Waals surface area (Å²) in [5.41, 5.74) is 3.02. The number of aromatic nitrogens is 4. The number of carbonyl (C=O) groups is 1. The van der Waals surface area contributed by atoms with Crippen molar-refractivity contribution in [3.63, 3.8) is 0 Å². The van der Waals surface area contributed by atoms with E-state index in [9.17, 15) is 4.79 Å². The van der Waals surface area contributed by atoms with E-state index < -0.39 is 0 Å². The first-order chi connectivity index (χ1) is 12.6.